The number of sulfonamides is 1. The number of hydrogen-bond acceptors (Lipinski definition) is 5. The molecule has 1 aliphatic heterocycles. The monoisotopic (exact) mass is 496 g/mol. The predicted octanol–water partition coefficient (Wildman–Crippen LogP) is 3.72. The number of rotatable bonds is 7. The van der Waals surface area contributed by atoms with Crippen LogP contribution in [0.1, 0.15) is 23.2 Å². The molecule has 1 fully saturated rings. The standard InChI is InChI=1S/C21H19ClF2N4O4S/c22-14-7-6-12(9-18(14)33(30,31)25-11-13-3-2-8-32-13)21(29)26-19-10-17(27-28-19)20-15(23)4-1-5-16(20)24/h1,4-7,9-10,13,25H,2-3,8,11H2,(H2,26,27,28,29)/t13-/m1/s1. The van der Waals surface area contributed by atoms with Crippen LogP contribution in [0.3, 0.4) is 0 Å². The number of ether oxygens (including phenoxy) is 1. The van der Waals surface area contributed by atoms with E-state index in [1.165, 1.54) is 24.3 Å². The first-order valence-electron chi connectivity index (χ1n) is 9.96. The second kappa shape index (κ2) is 9.56. The number of hydrogen-bond donors (Lipinski definition) is 3. The maximum absolute atomic E-state index is 14.0. The first-order valence-corrected chi connectivity index (χ1v) is 11.8. The minimum Gasteiger partial charge on any atom is -0.377 e. The Labute approximate surface area is 193 Å². The van der Waals surface area contributed by atoms with Gasteiger partial charge in [-0.2, -0.15) is 5.10 Å². The van der Waals surface area contributed by atoms with Crippen LogP contribution >= 0.6 is 11.6 Å². The molecule has 1 saturated heterocycles. The van der Waals surface area contributed by atoms with E-state index in [0.717, 1.165) is 31.0 Å². The Morgan fingerprint density at radius 2 is 1.97 bits per heavy atom. The van der Waals surface area contributed by atoms with Gasteiger partial charge in [0, 0.05) is 24.8 Å². The Morgan fingerprint density at radius 1 is 1.21 bits per heavy atom. The molecule has 0 unspecified atom stereocenters. The van der Waals surface area contributed by atoms with Crippen LogP contribution in [0.25, 0.3) is 11.3 Å². The van der Waals surface area contributed by atoms with Crippen molar-refractivity contribution in [3.63, 3.8) is 0 Å². The third-order valence-corrected chi connectivity index (χ3v) is 6.96. The fourth-order valence-corrected chi connectivity index (χ4v) is 4.98. The molecule has 1 amide bonds. The van der Waals surface area contributed by atoms with Crippen molar-refractivity contribution in [1.82, 2.24) is 14.9 Å². The zero-order chi connectivity index (χ0) is 23.6. The molecule has 0 aliphatic carbocycles. The van der Waals surface area contributed by atoms with E-state index < -0.39 is 27.6 Å². The minimum absolute atomic E-state index is 0.00138. The molecule has 33 heavy (non-hydrogen) atoms. The third kappa shape index (κ3) is 5.22. The molecule has 0 spiro atoms. The molecule has 0 bridgehead atoms. The van der Waals surface area contributed by atoms with Crippen molar-refractivity contribution < 1.29 is 26.7 Å². The zero-order valence-electron chi connectivity index (χ0n) is 17.1. The lowest BCUT2D eigenvalue weighted by atomic mass is 10.1. The summed E-state index contributed by atoms with van der Waals surface area (Å²) in [7, 11) is -4.00. The maximum Gasteiger partial charge on any atom is 0.256 e. The second-order valence-electron chi connectivity index (χ2n) is 7.35. The minimum atomic E-state index is -4.00. The molecule has 1 atom stereocenters. The number of aromatic amines is 1. The fraction of sp³-hybridized carbons (Fsp3) is 0.238. The molecule has 8 nitrogen and oxygen atoms in total. The highest BCUT2D eigenvalue weighted by Crippen LogP contribution is 2.27. The number of benzene rings is 2. The van der Waals surface area contributed by atoms with Crippen LogP contribution in [0.2, 0.25) is 5.02 Å². The molecule has 3 aromatic rings. The quantitative estimate of drug-likeness (QED) is 0.461. The largest absolute Gasteiger partial charge is 0.377 e. The van der Waals surface area contributed by atoms with E-state index in [1.54, 1.807) is 0 Å². The molecule has 0 saturated carbocycles. The molecule has 2 aromatic carbocycles. The van der Waals surface area contributed by atoms with E-state index in [2.05, 4.69) is 20.2 Å². The Hall–Kier alpha value is -2.86. The summed E-state index contributed by atoms with van der Waals surface area (Å²) in [5, 5.41) is 8.71. The number of amides is 1. The van der Waals surface area contributed by atoms with E-state index in [0.29, 0.717) is 6.61 Å². The number of anilines is 1. The van der Waals surface area contributed by atoms with E-state index in [4.69, 9.17) is 16.3 Å². The Bertz CT molecular complexity index is 1270. The van der Waals surface area contributed by atoms with Gasteiger partial charge in [0.25, 0.3) is 5.91 Å². The van der Waals surface area contributed by atoms with Gasteiger partial charge in [0.2, 0.25) is 10.0 Å². The summed E-state index contributed by atoms with van der Waals surface area (Å²) in [6, 6.07) is 8.47. The van der Waals surface area contributed by atoms with Gasteiger partial charge < -0.3 is 10.1 Å². The molecular formula is C21H19ClF2N4O4S. The number of H-pyrrole nitrogens is 1. The average molecular weight is 497 g/mol. The van der Waals surface area contributed by atoms with Gasteiger partial charge >= 0.3 is 0 Å². The van der Waals surface area contributed by atoms with Gasteiger partial charge in [-0.05, 0) is 43.2 Å². The van der Waals surface area contributed by atoms with Crippen LogP contribution in [-0.2, 0) is 14.8 Å². The van der Waals surface area contributed by atoms with Crippen molar-refractivity contribution in [2.24, 2.45) is 0 Å². The lowest BCUT2D eigenvalue weighted by Crippen LogP contribution is -2.32. The normalized spacial score (nSPS) is 16.2. The highest BCUT2D eigenvalue weighted by Gasteiger charge is 2.24. The van der Waals surface area contributed by atoms with Gasteiger partial charge in [-0.3, -0.25) is 9.89 Å². The third-order valence-electron chi connectivity index (χ3n) is 5.06. The van der Waals surface area contributed by atoms with Crippen LogP contribution in [0.15, 0.2) is 47.4 Å². The van der Waals surface area contributed by atoms with E-state index in [-0.39, 0.29) is 45.2 Å². The number of carbonyl (C=O) groups excluding carboxylic acids is 1. The Kier molecular flexibility index (Phi) is 6.75. The molecule has 1 aliphatic rings. The van der Waals surface area contributed by atoms with Crippen molar-refractivity contribution in [1.29, 1.82) is 0 Å². The topological polar surface area (TPSA) is 113 Å². The first kappa shape index (κ1) is 23.3. The van der Waals surface area contributed by atoms with Gasteiger partial charge in [0.05, 0.1) is 22.4 Å². The summed E-state index contributed by atoms with van der Waals surface area (Å²) >= 11 is 6.07. The molecule has 3 N–H and O–H groups in total. The van der Waals surface area contributed by atoms with E-state index >= 15 is 0 Å². The predicted molar refractivity (Wildman–Crippen MR) is 118 cm³/mol. The summed E-state index contributed by atoms with van der Waals surface area (Å²) in [5.41, 5.74) is -0.292. The summed E-state index contributed by atoms with van der Waals surface area (Å²) in [4.78, 5) is 12.4. The van der Waals surface area contributed by atoms with Gasteiger partial charge in [0.15, 0.2) is 5.82 Å². The van der Waals surface area contributed by atoms with Gasteiger partial charge in [-0.25, -0.2) is 21.9 Å². The number of nitrogens with one attached hydrogen (secondary N) is 3. The smallest absolute Gasteiger partial charge is 0.256 e. The average Bonchev–Trinajstić information content (AvgIpc) is 3.45. The molecule has 12 heteroatoms. The number of halogens is 3. The lowest BCUT2D eigenvalue weighted by Gasteiger charge is -2.13. The number of aromatic nitrogens is 2. The highest BCUT2D eigenvalue weighted by atomic mass is 35.5. The molecular weight excluding hydrogens is 478 g/mol. The van der Waals surface area contributed by atoms with Gasteiger partial charge in [-0.15, -0.1) is 0 Å². The summed E-state index contributed by atoms with van der Waals surface area (Å²) in [5.74, 6) is -2.28. The number of carbonyl (C=O) groups is 1. The van der Waals surface area contributed by atoms with Crippen LogP contribution in [0.4, 0.5) is 14.6 Å². The molecule has 1 aromatic heterocycles. The van der Waals surface area contributed by atoms with E-state index in [9.17, 15) is 22.0 Å². The van der Waals surface area contributed by atoms with Crippen molar-refractivity contribution in [3.8, 4) is 11.3 Å². The molecule has 174 valence electrons. The van der Waals surface area contributed by atoms with Crippen molar-refractivity contribution in [2.45, 2.75) is 23.8 Å². The number of nitrogens with zero attached hydrogens (tertiary/aromatic N) is 1. The maximum atomic E-state index is 14.0. The van der Waals surface area contributed by atoms with Crippen LogP contribution in [0, 0.1) is 11.6 Å². The molecule has 2 heterocycles. The van der Waals surface area contributed by atoms with Crippen molar-refractivity contribution in [3.05, 3.63) is 64.7 Å². The van der Waals surface area contributed by atoms with Crippen LogP contribution in [-0.4, -0.2) is 43.8 Å². The summed E-state index contributed by atoms with van der Waals surface area (Å²) in [6.45, 7) is 0.680. The zero-order valence-corrected chi connectivity index (χ0v) is 18.6. The highest BCUT2D eigenvalue weighted by molar-refractivity contribution is 7.89. The van der Waals surface area contributed by atoms with E-state index in [1.807, 2.05) is 0 Å². The molecule has 4 rings (SSSR count). The van der Waals surface area contributed by atoms with Crippen LogP contribution < -0.4 is 10.0 Å². The van der Waals surface area contributed by atoms with Crippen molar-refractivity contribution >= 4 is 33.3 Å². The Balaban J connectivity index is 1.51. The fourth-order valence-electron chi connectivity index (χ4n) is 3.39. The van der Waals surface area contributed by atoms with Gasteiger partial charge in [-0.1, -0.05) is 17.7 Å². The van der Waals surface area contributed by atoms with Crippen molar-refractivity contribution in [2.75, 3.05) is 18.5 Å². The van der Waals surface area contributed by atoms with Gasteiger partial charge in [0.1, 0.15) is 16.5 Å². The lowest BCUT2D eigenvalue weighted by molar-refractivity contribution is 0.102. The Morgan fingerprint density at radius 3 is 2.67 bits per heavy atom. The first-order chi connectivity index (χ1) is 15.7. The second-order valence-corrected chi connectivity index (χ2v) is 9.49. The molecule has 0 radical (unpaired) electrons. The van der Waals surface area contributed by atoms with Crippen LogP contribution in [0.5, 0.6) is 0 Å². The summed E-state index contributed by atoms with van der Waals surface area (Å²) < 4.78 is 61.2. The SMILES string of the molecule is O=C(Nc1cc(-c2c(F)cccc2F)[nH]n1)c1ccc(Cl)c(S(=O)(=O)NC[C@H]2CCCO2)c1. The summed E-state index contributed by atoms with van der Waals surface area (Å²) in [6.07, 6.45) is 1.40.